The molecule has 2 aromatic carbocycles. The number of hydrogen-bond acceptors (Lipinski definition) is 0. The molecule has 0 aromatic heterocycles. The van der Waals surface area contributed by atoms with Gasteiger partial charge in [0.15, 0.2) is 0 Å². The third-order valence-electron chi connectivity index (χ3n) is 5.34. The predicted molar refractivity (Wildman–Crippen MR) is 134 cm³/mol. The Morgan fingerprint density at radius 3 is 1.04 bits per heavy atom. The Kier molecular flexibility index (Phi) is 8.16. The van der Waals surface area contributed by atoms with Crippen LogP contribution in [0.1, 0.15) is 112 Å². The molecule has 0 spiro atoms. The van der Waals surface area contributed by atoms with E-state index in [9.17, 15) is 0 Å². The summed E-state index contributed by atoms with van der Waals surface area (Å²) in [6, 6.07) is 9.34. The van der Waals surface area contributed by atoms with Gasteiger partial charge in [0.05, 0.1) is 0 Å². The molecule has 0 aliphatic rings. The van der Waals surface area contributed by atoms with Crippen LogP contribution in [0.15, 0.2) is 33.2 Å². The second-order valence-corrected chi connectivity index (χ2v) is 10.7. The Labute approximate surface area is 189 Å². The second-order valence-electron chi connectivity index (χ2n) is 8.96. The highest BCUT2D eigenvalue weighted by atomic mass is 79.9. The normalized spacial score (nSPS) is 12.4. The molecule has 0 saturated carbocycles. The van der Waals surface area contributed by atoms with Gasteiger partial charge < -0.3 is 0 Å². The summed E-state index contributed by atoms with van der Waals surface area (Å²) in [5.74, 6) is 1.96. The first kappa shape index (κ1) is 23.4. The fourth-order valence-electron chi connectivity index (χ4n) is 3.60. The van der Waals surface area contributed by atoms with Crippen molar-refractivity contribution in [2.75, 3.05) is 0 Å². The van der Waals surface area contributed by atoms with Gasteiger partial charge in [-0.05, 0) is 69.2 Å². The van der Waals surface area contributed by atoms with Gasteiger partial charge in [-0.15, -0.1) is 0 Å². The zero-order chi connectivity index (χ0) is 21.2. The van der Waals surface area contributed by atoms with Crippen molar-refractivity contribution in [3.8, 4) is 0 Å². The number of hydrogen-bond donors (Lipinski definition) is 0. The first-order valence-corrected chi connectivity index (χ1v) is 12.0. The highest BCUT2D eigenvalue weighted by Gasteiger charge is 2.14. The molecule has 0 N–H and O–H groups in total. The van der Waals surface area contributed by atoms with E-state index >= 15 is 0 Å². The summed E-state index contributed by atoms with van der Waals surface area (Å²) in [5, 5.41) is 0. The van der Waals surface area contributed by atoms with Crippen molar-refractivity contribution >= 4 is 44.0 Å². The van der Waals surface area contributed by atoms with Gasteiger partial charge in [0.1, 0.15) is 0 Å². The highest BCUT2D eigenvalue weighted by Crippen LogP contribution is 2.35. The van der Waals surface area contributed by atoms with Crippen molar-refractivity contribution in [1.29, 1.82) is 0 Å². The monoisotopic (exact) mass is 504 g/mol. The van der Waals surface area contributed by atoms with Crippen LogP contribution in [0.3, 0.4) is 0 Å². The minimum absolute atomic E-state index is 0.484. The quantitative estimate of drug-likeness (QED) is 0.342. The van der Waals surface area contributed by atoms with Crippen LogP contribution in [0.2, 0.25) is 0 Å². The van der Waals surface area contributed by atoms with Gasteiger partial charge in [0.2, 0.25) is 0 Å². The Bertz CT molecular complexity index is 784. The van der Waals surface area contributed by atoms with Crippen molar-refractivity contribution in [1.82, 2.24) is 0 Å². The summed E-state index contributed by atoms with van der Waals surface area (Å²) in [6.07, 6.45) is 4.62. The molecule has 28 heavy (non-hydrogen) atoms. The van der Waals surface area contributed by atoms with Crippen LogP contribution in [-0.4, -0.2) is 0 Å². The van der Waals surface area contributed by atoms with E-state index in [4.69, 9.17) is 0 Å². The molecule has 152 valence electrons. The summed E-state index contributed by atoms with van der Waals surface area (Å²) in [4.78, 5) is 0. The first-order valence-electron chi connectivity index (χ1n) is 10.4. The Morgan fingerprint density at radius 2 is 0.786 bits per heavy atom. The summed E-state index contributed by atoms with van der Waals surface area (Å²) >= 11 is 7.56. The molecule has 0 bridgehead atoms. The lowest BCUT2D eigenvalue weighted by Gasteiger charge is -2.18. The minimum atomic E-state index is 0.484. The lowest BCUT2D eigenvalue weighted by Crippen LogP contribution is -1.99. The third-order valence-corrected chi connectivity index (χ3v) is 6.71. The third kappa shape index (κ3) is 5.39. The lowest BCUT2D eigenvalue weighted by molar-refractivity contribution is 0.836. The highest BCUT2D eigenvalue weighted by molar-refractivity contribution is 9.10. The SMILES string of the molecule is CC(C)c1cc(/C=C/c2cc(C(C)C)c(Br)cc2C(C)C)c(C(C)C)cc1Br. The van der Waals surface area contributed by atoms with Gasteiger partial charge in [-0.3, -0.25) is 0 Å². The fraction of sp³-hybridized carbons (Fsp3) is 0.462. The maximum atomic E-state index is 3.78. The Balaban J connectivity index is 2.62. The zero-order valence-electron chi connectivity index (χ0n) is 18.5. The van der Waals surface area contributed by atoms with Gasteiger partial charge in [-0.2, -0.15) is 0 Å². The minimum Gasteiger partial charge on any atom is -0.0587 e. The second kappa shape index (κ2) is 9.76. The largest absolute Gasteiger partial charge is 0.0587 e. The zero-order valence-corrected chi connectivity index (χ0v) is 21.7. The molecule has 0 radical (unpaired) electrons. The Hall–Kier alpha value is -0.860. The molecule has 0 aliphatic carbocycles. The van der Waals surface area contributed by atoms with Crippen molar-refractivity contribution in [3.63, 3.8) is 0 Å². The molecular weight excluding hydrogens is 472 g/mol. The summed E-state index contributed by atoms with van der Waals surface area (Å²) in [5.41, 5.74) is 8.16. The van der Waals surface area contributed by atoms with Crippen LogP contribution in [0.4, 0.5) is 0 Å². The van der Waals surface area contributed by atoms with Crippen LogP contribution < -0.4 is 0 Å². The first-order chi connectivity index (χ1) is 13.0. The maximum Gasteiger partial charge on any atom is 0.0213 e. The summed E-state index contributed by atoms with van der Waals surface area (Å²) < 4.78 is 2.44. The summed E-state index contributed by atoms with van der Waals surface area (Å²) in [6.45, 7) is 18.1. The van der Waals surface area contributed by atoms with E-state index in [1.54, 1.807) is 0 Å². The molecular formula is C26H34Br2. The van der Waals surface area contributed by atoms with Gasteiger partial charge in [0.25, 0.3) is 0 Å². The van der Waals surface area contributed by atoms with Gasteiger partial charge in [-0.1, -0.05) is 112 Å². The fourth-order valence-corrected chi connectivity index (χ4v) is 5.24. The van der Waals surface area contributed by atoms with Gasteiger partial charge in [-0.25, -0.2) is 0 Å². The van der Waals surface area contributed by atoms with Crippen LogP contribution in [0.5, 0.6) is 0 Å². The van der Waals surface area contributed by atoms with Crippen LogP contribution in [0.25, 0.3) is 12.2 Å². The molecule has 0 heterocycles. The van der Waals surface area contributed by atoms with Crippen LogP contribution >= 0.6 is 31.9 Å². The van der Waals surface area contributed by atoms with E-state index in [1.165, 1.54) is 42.3 Å². The molecule has 0 fully saturated rings. The van der Waals surface area contributed by atoms with Crippen molar-refractivity contribution < 1.29 is 0 Å². The molecule has 0 amide bonds. The topological polar surface area (TPSA) is 0 Å². The van der Waals surface area contributed by atoms with Crippen molar-refractivity contribution in [2.24, 2.45) is 0 Å². The number of benzene rings is 2. The standard InChI is InChI=1S/C26H34Br2/c1-15(2)21-13-25(27)23(17(5)6)11-19(21)9-10-20-12-24(18(7)8)26(28)14-22(20)16(3)4/h9-18H,1-8H3/b10-9+. The van der Waals surface area contributed by atoms with E-state index in [1.807, 2.05) is 0 Å². The maximum absolute atomic E-state index is 3.78. The lowest BCUT2D eigenvalue weighted by atomic mass is 9.89. The van der Waals surface area contributed by atoms with E-state index in [2.05, 4.69) is 124 Å². The molecule has 0 nitrogen and oxygen atoms in total. The average molecular weight is 506 g/mol. The molecule has 2 heteroatoms. The molecule has 2 aromatic rings. The molecule has 0 aliphatic heterocycles. The van der Waals surface area contributed by atoms with Gasteiger partial charge >= 0.3 is 0 Å². The molecule has 0 saturated heterocycles. The predicted octanol–water partition coefficient (Wildman–Crippen LogP) is 9.88. The van der Waals surface area contributed by atoms with E-state index < -0.39 is 0 Å². The van der Waals surface area contributed by atoms with Gasteiger partial charge in [0, 0.05) is 8.95 Å². The van der Waals surface area contributed by atoms with Crippen LogP contribution in [0, 0.1) is 0 Å². The van der Waals surface area contributed by atoms with E-state index in [0.717, 1.165) is 0 Å². The van der Waals surface area contributed by atoms with Crippen molar-refractivity contribution in [2.45, 2.75) is 79.1 Å². The summed E-state index contributed by atoms with van der Waals surface area (Å²) in [7, 11) is 0. The number of halogens is 2. The number of rotatable bonds is 6. The van der Waals surface area contributed by atoms with E-state index in [0.29, 0.717) is 23.7 Å². The molecule has 2 rings (SSSR count). The van der Waals surface area contributed by atoms with E-state index in [-0.39, 0.29) is 0 Å². The van der Waals surface area contributed by atoms with Crippen LogP contribution in [-0.2, 0) is 0 Å². The van der Waals surface area contributed by atoms with Crippen molar-refractivity contribution in [3.05, 3.63) is 66.6 Å². The molecule has 0 unspecified atom stereocenters. The Morgan fingerprint density at radius 1 is 0.500 bits per heavy atom. The molecule has 0 atom stereocenters. The average Bonchev–Trinajstić information content (AvgIpc) is 2.59. The smallest absolute Gasteiger partial charge is 0.0213 e.